The number of sulfone groups is 1. The van der Waals surface area contributed by atoms with Gasteiger partial charge < -0.3 is 10.2 Å². The average molecular weight is 549 g/mol. The Labute approximate surface area is 209 Å². The van der Waals surface area contributed by atoms with E-state index in [0.29, 0.717) is 32.2 Å². The lowest BCUT2D eigenvalue weighted by atomic mass is 9.97. The first kappa shape index (κ1) is 26.9. The normalized spacial score (nSPS) is 24.5. The zero-order valence-electron chi connectivity index (χ0n) is 19.9. The van der Waals surface area contributed by atoms with Crippen LogP contribution in [-0.2, 0) is 36.2 Å². The monoisotopic (exact) mass is 548 g/mol. The van der Waals surface area contributed by atoms with E-state index in [-0.39, 0.29) is 44.2 Å². The number of rotatable bonds is 7. The zero-order chi connectivity index (χ0) is 26.3. The smallest absolute Gasteiger partial charge is 0.282 e. The minimum absolute atomic E-state index is 0.0331. The molecule has 14 heteroatoms. The van der Waals surface area contributed by atoms with Gasteiger partial charge in [-0.2, -0.15) is 17.0 Å². The van der Waals surface area contributed by atoms with E-state index in [9.17, 15) is 35.2 Å². The summed E-state index contributed by atoms with van der Waals surface area (Å²) in [6, 6.07) is 2.24. The summed E-state index contributed by atoms with van der Waals surface area (Å²) in [5.41, 5.74) is 0.258. The molecule has 3 heterocycles. The largest absolute Gasteiger partial charge is 0.350 e. The molecule has 0 unspecified atom stereocenters. The van der Waals surface area contributed by atoms with E-state index in [1.165, 1.54) is 9.21 Å². The molecule has 1 N–H and O–H groups in total. The summed E-state index contributed by atoms with van der Waals surface area (Å²) in [7, 11) is -7.22. The number of carbonyl (C=O) groups excluding carboxylic acids is 2. The quantitative estimate of drug-likeness (QED) is 0.521. The molecule has 36 heavy (non-hydrogen) atoms. The second-order valence-electron chi connectivity index (χ2n) is 9.66. The van der Waals surface area contributed by atoms with Gasteiger partial charge in [-0.3, -0.25) is 9.59 Å². The molecule has 0 saturated carbocycles. The predicted molar refractivity (Wildman–Crippen MR) is 126 cm³/mol. The number of amides is 2. The Balaban J connectivity index is 1.36. The molecule has 0 radical (unpaired) electrons. The highest BCUT2D eigenvalue weighted by Crippen LogP contribution is 2.29. The van der Waals surface area contributed by atoms with Crippen molar-refractivity contribution in [1.29, 1.82) is 0 Å². The summed E-state index contributed by atoms with van der Waals surface area (Å²) >= 11 is 0. The Morgan fingerprint density at radius 3 is 2.22 bits per heavy atom. The highest BCUT2D eigenvalue weighted by Gasteiger charge is 2.46. The SMILES string of the molecule is CS(=O)(=O)C1CN(S(=O)(=O)N2CCC[C@H](C(=O)N3CCC[C@@H]3C(=O)NCc3cc(F)cc(F)c3)C2)C1. The third-order valence-electron chi connectivity index (χ3n) is 7.03. The fraction of sp³-hybridized carbons (Fsp3) is 0.636. The van der Waals surface area contributed by atoms with Gasteiger partial charge in [0.25, 0.3) is 10.2 Å². The molecule has 200 valence electrons. The molecule has 3 saturated heterocycles. The average Bonchev–Trinajstić information content (AvgIpc) is 3.24. The van der Waals surface area contributed by atoms with Gasteiger partial charge in [-0.05, 0) is 43.4 Å². The van der Waals surface area contributed by atoms with Crippen LogP contribution in [0.3, 0.4) is 0 Å². The van der Waals surface area contributed by atoms with Crippen LogP contribution in [0.2, 0.25) is 0 Å². The highest BCUT2D eigenvalue weighted by atomic mass is 32.2. The van der Waals surface area contributed by atoms with Crippen LogP contribution in [0.4, 0.5) is 8.78 Å². The molecule has 4 rings (SSSR count). The molecule has 2 atom stereocenters. The van der Waals surface area contributed by atoms with E-state index in [1.807, 2.05) is 0 Å². The van der Waals surface area contributed by atoms with E-state index >= 15 is 0 Å². The van der Waals surface area contributed by atoms with Crippen molar-refractivity contribution in [3.63, 3.8) is 0 Å². The van der Waals surface area contributed by atoms with Crippen LogP contribution in [0.25, 0.3) is 0 Å². The van der Waals surface area contributed by atoms with Gasteiger partial charge in [0.1, 0.15) is 17.7 Å². The molecule has 1 aromatic carbocycles. The van der Waals surface area contributed by atoms with Crippen molar-refractivity contribution < 1.29 is 35.2 Å². The van der Waals surface area contributed by atoms with Crippen LogP contribution in [0, 0.1) is 17.6 Å². The lowest BCUT2D eigenvalue weighted by molar-refractivity contribution is -0.142. The first-order chi connectivity index (χ1) is 16.9. The van der Waals surface area contributed by atoms with Crippen LogP contribution < -0.4 is 5.32 Å². The van der Waals surface area contributed by atoms with Crippen molar-refractivity contribution in [2.45, 2.75) is 43.5 Å². The second-order valence-corrected chi connectivity index (χ2v) is 13.9. The summed E-state index contributed by atoms with van der Waals surface area (Å²) in [5, 5.41) is 1.91. The van der Waals surface area contributed by atoms with Crippen molar-refractivity contribution in [2.24, 2.45) is 5.92 Å². The molecule has 0 spiro atoms. The Morgan fingerprint density at radius 1 is 0.944 bits per heavy atom. The number of hydrogen-bond acceptors (Lipinski definition) is 6. The number of benzene rings is 1. The van der Waals surface area contributed by atoms with E-state index in [2.05, 4.69) is 5.32 Å². The topological polar surface area (TPSA) is 124 Å². The van der Waals surface area contributed by atoms with Gasteiger partial charge in [-0.1, -0.05) is 0 Å². The Bertz CT molecular complexity index is 1220. The number of nitrogens with zero attached hydrogens (tertiary/aromatic N) is 3. The molecule has 3 aliphatic heterocycles. The molecule has 1 aromatic rings. The minimum Gasteiger partial charge on any atom is -0.350 e. The number of halogens is 2. The second kappa shape index (κ2) is 10.3. The van der Waals surface area contributed by atoms with Crippen molar-refractivity contribution >= 4 is 31.9 Å². The van der Waals surface area contributed by atoms with Crippen LogP contribution in [0.15, 0.2) is 18.2 Å². The van der Waals surface area contributed by atoms with Crippen LogP contribution >= 0.6 is 0 Å². The first-order valence-corrected chi connectivity index (χ1v) is 15.2. The van der Waals surface area contributed by atoms with Crippen LogP contribution in [0.5, 0.6) is 0 Å². The van der Waals surface area contributed by atoms with E-state index in [1.54, 1.807) is 0 Å². The fourth-order valence-electron chi connectivity index (χ4n) is 4.93. The Hall–Kier alpha value is -2.16. The molecule has 0 bridgehead atoms. The lowest BCUT2D eigenvalue weighted by Gasteiger charge is -2.42. The molecular weight excluding hydrogens is 518 g/mol. The van der Waals surface area contributed by atoms with E-state index in [0.717, 1.165) is 28.8 Å². The minimum atomic E-state index is -3.89. The van der Waals surface area contributed by atoms with Crippen molar-refractivity contribution in [3.05, 3.63) is 35.4 Å². The summed E-state index contributed by atoms with van der Waals surface area (Å²) in [6.45, 7) is 0.275. The summed E-state index contributed by atoms with van der Waals surface area (Å²) < 4.78 is 78.4. The third-order valence-corrected chi connectivity index (χ3v) is 10.5. The predicted octanol–water partition coefficient (Wildman–Crippen LogP) is 0.258. The van der Waals surface area contributed by atoms with Gasteiger partial charge in [-0.15, -0.1) is 0 Å². The highest BCUT2D eigenvalue weighted by molar-refractivity contribution is 7.91. The maximum absolute atomic E-state index is 13.4. The van der Waals surface area contributed by atoms with Crippen molar-refractivity contribution in [3.8, 4) is 0 Å². The molecule has 0 aromatic heterocycles. The molecular formula is C22H30F2N4O6S2. The van der Waals surface area contributed by atoms with Gasteiger partial charge in [0.05, 0.1) is 11.2 Å². The maximum atomic E-state index is 13.4. The maximum Gasteiger partial charge on any atom is 0.282 e. The molecule has 10 nitrogen and oxygen atoms in total. The summed E-state index contributed by atoms with van der Waals surface area (Å²) in [4.78, 5) is 27.6. The van der Waals surface area contributed by atoms with Gasteiger partial charge in [0.15, 0.2) is 9.84 Å². The van der Waals surface area contributed by atoms with Gasteiger partial charge in [-0.25, -0.2) is 17.2 Å². The number of hydrogen-bond donors (Lipinski definition) is 1. The van der Waals surface area contributed by atoms with Crippen LogP contribution in [-0.4, -0.2) is 92.4 Å². The van der Waals surface area contributed by atoms with Crippen molar-refractivity contribution in [2.75, 3.05) is 39.0 Å². The zero-order valence-corrected chi connectivity index (χ0v) is 21.5. The number of carbonyl (C=O) groups is 2. The Morgan fingerprint density at radius 2 is 1.58 bits per heavy atom. The van der Waals surface area contributed by atoms with Gasteiger partial charge in [0.2, 0.25) is 11.8 Å². The lowest BCUT2D eigenvalue weighted by Crippen LogP contribution is -2.61. The van der Waals surface area contributed by atoms with E-state index in [4.69, 9.17) is 0 Å². The Kier molecular flexibility index (Phi) is 7.70. The number of likely N-dealkylation sites (tertiary alicyclic amines) is 1. The standard InChI is InChI=1S/C22H30F2N4O6S2/c1-35(31,32)19-13-27(14-19)36(33,34)26-6-2-4-16(12-26)22(30)28-7-3-5-20(28)21(29)25-11-15-8-17(23)10-18(24)9-15/h8-10,16,19-20H,2-7,11-14H2,1H3,(H,25,29)/t16-,20+/m0/s1. The molecule has 3 aliphatic rings. The molecule has 0 aliphatic carbocycles. The first-order valence-electron chi connectivity index (χ1n) is 11.8. The third kappa shape index (κ3) is 5.71. The summed E-state index contributed by atoms with van der Waals surface area (Å²) in [5.74, 6) is -2.86. The fourth-order valence-corrected chi connectivity index (χ4v) is 7.82. The molecule has 3 fully saturated rings. The van der Waals surface area contributed by atoms with Gasteiger partial charge >= 0.3 is 0 Å². The molecule has 2 amide bonds. The van der Waals surface area contributed by atoms with Gasteiger partial charge in [0, 0.05) is 51.6 Å². The number of piperidine rings is 1. The summed E-state index contributed by atoms with van der Waals surface area (Å²) in [6.07, 6.45) is 3.06. The van der Waals surface area contributed by atoms with E-state index < -0.39 is 54.8 Å². The van der Waals surface area contributed by atoms with Crippen molar-refractivity contribution in [1.82, 2.24) is 18.8 Å². The van der Waals surface area contributed by atoms with Crippen LogP contribution in [0.1, 0.15) is 31.2 Å². The number of nitrogens with one attached hydrogen (secondary N) is 1.